The van der Waals surface area contributed by atoms with Crippen LogP contribution in [-0.4, -0.2) is 14.9 Å². The molecule has 0 saturated heterocycles. The number of hydrogen-bond acceptors (Lipinski definition) is 2. The standard InChI is InChI=1S/C13H14Cl2N2O/c1-8-11(7-18)9(2)17(16-8)6-10-12(14)4-3-5-13(10)15/h3-5,18H,6-7H2,1-2H3. The maximum absolute atomic E-state index is 9.28. The third-order valence-corrected chi connectivity index (χ3v) is 3.77. The van der Waals surface area contributed by atoms with Crippen LogP contribution in [0, 0.1) is 13.8 Å². The molecule has 2 aromatic rings. The van der Waals surface area contributed by atoms with Crippen molar-refractivity contribution in [2.24, 2.45) is 0 Å². The van der Waals surface area contributed by atoms with E-state index in [9.17, 15) is 5.11 Å². The largest absolute Gasteiger partial charge is 0.392 e. The summed E-state index contributed by atoms with van der Waals surface area (Å²) in [5, 5.41) is 14.9. The zero-order valence-electron chi connectivity index (χ0n) is 10.2. The highest BCUT2D eigenvalue weighted by Crippen LogP contribution is 2.26. The minimum atomic E-state index is -0.00603. The first kappa shape index (κ1) is 13.4. The summed E-state index contributed by atoms with van der Waals surface area (Å²) in [5.74, 6) is 0. The zero-order valence-corrected chi connectivity index (χ0v) is 11.8. The van der Waals surface area contributed by atoms with Crippen molar-refractivity contribution in [2.45, 2.75) is 27.0 Å². The van der Waals surface area contributed by atoms with E-state index in [-0.39, 0.29) is 6.61 Å². The minimum absolute atomic E-state index is 0.00603. The molecule has 0 bridgehead atoms. The Morgan fingerprint density at radius 1 is 1.17 bits per heavy atom. The third-order valence-electron chi connectivity index (χ3n) is 3.06. The maximum atomic E-state index is 9.28. The van der Waals surface area contributed by atoms with Gasteiger partial charge in [0.1, 0.15) is 0 Å². The van der Waals surface area contributed by atoms with Crippen molar-refractivity contribution in [3.05, 3.63) is 50.8 Å². The Balaban J connectivity index is 2.41. The van der Waals surface area contributed by atoms with Crippen molar-refractivity contribution in [1.82, 2.24) is 9.78 Å². The molecule has 3 nitrogen and oxygen atoms in total. The summed E-state index contributed by atoms with van der Waals surface area (Å²) in [7, 11) is 0. The van der Waals surface area contributed by atoms with Gasteiger partial charge >= 0.3 is 0 Å². The zero-order chi connectivity index (χ0) is 13.3. The lowest BCUT2D eigenvalue weighted by Crippen LogP contribution is -2.05. The van der Waals surface area contributed by atoms with Gasteiger partial charge in [0.15, 0.2) is 0 Å². The van der Waals surface area contributed by atoms with E-state index in [2.05, 4.69) is 5.10 Å². The molecule has 0 amide bonds. The van der Waals surface area contributed by atoms with Crippen LogP contribution in [0.3, 0.4) is 0 Å². The van der Waals surface area contributed by atoms with E-state index in [0.29, 0.717) is 16.6 Å². The summed E-state index contributed by atoms with van der Waals surface area (Å²) in [6, 6.07) is 5.43. The average Bonchev–Trinajstić information content (AvgIpc) is 2.59. The van der Waals surface area contributed by atoms with Crippen LogP contribution < -0.4 is 0 Å². The van der Waals surface area contributed by atoms with E-state index < -0.39 is 0 Å². The van der Waals surface area contributed by atoms with Gasteiger partial charge in [0.05, 0.1) is 18.8 Å². The molecule has 0 aliphatic heterocycles. The molecule has 1 N–H and O–H groups in total. The fourth-order valence-electron chi connectivity index (χ4n) is 1.95. The number of aromatic nitrogens is 2. The van der Waals surface area contributed by atoms with Gasteiger partial charge in [-0.05, 0) is 26.0 Å². The topological polar surface area (TPSA) is 38.0 Å². The summed E-state index contributed by atoms with van der Waals surface area (Å²) < 4.78 is 1.81. The van der Waals surface area contributed by atoms with Gasteiger partial charge in [-0.15, -0.1) is 0 Å². The lowest BCUT2D eigenvalue weighted by atomic mass is 10.2. The highest BCUT2D eigenvalue weighted by molar-refractivity contribution is 6.35. The number of aliphatic hydroxyl groups excluding tert-OH is 1. The molecule has 2 rings (SSSR count). The van der Waals surface area contributed by atoms with Crippen molar-refractivity contribution in [3.63, 3.8) is 0 Å². The van der Waals surface area contributed by atoms with Crippen LogP contribution in [0.15, 0.2) is 18.2 Å². The first-order valence-electron chi connectivity index (χ1n) is 5.61. The number of aliphatic hydroxyl groups is 1. The van der Waals surface area contributed by atoms with Crippen LogP contribution in [0.25, 0.3) is 0 Å². The number of nitrogens with zero attached hydrogens (tertiary/aromatic N) is 2. The van der Waals surface area contributed by atoms with Crippen molar-refractivity contribution < 1.29 is 5.11 Å². The second-order valence-electron chi connectivity index (χ2n) is 4.17. The number of rotatable bonds is 3. The number of aryl methyl sites for hydroxylation is 1. The Kier molecular flexibility index (Phi) is 3.95. The summed E-state index contributed by atoms with van der Waals surface area (Å²) in [4.78, 5) is 0. The van der Waals surface area contributed by atoms with Gasteiger partial charge < -0.3 is 5.11 Å². The highest BCUT2D eigenvalue weighted by Gasteiger charge is 2.13. The van der Waals surface area contributed by atoms with Crippen molar-refractivity contribution >= 4 is 23.2 Å². The Morgan fingerprint density at radius 3 is 2.28 bits per heavy atom. The second-order valence-corrected chi connectivity index (χ2v) is 4.98. The van der Waals surface area contributed by atoms with Crippen LogP contribution >= 0.6 is 23.2 Å². The fourth-order valence-corrected chi connectivity index (χ4v) is 2.47. The minimum Gasteiger partial charge on any atom is -0.392 e. The molecule has 5 heteroatoms. The summed E-state index contributed by atoms with van der Waals surface area (Å²) in [6.07, 6.45) is 0. The molecule has 0 radical (unpaired) electrons. The first-order valence-corrected chi connectivity index (χ1v) is 6.36. The van der Waals surface area contributed by atoms with Crippen LogP contribution in [0.2, 0.25) is 10.0 Å². The predicted octanol–water partition coefficient (Wildman–Crippen LogP) is 3.35. The van der Waals surface area contributed by atoms with Crippen LogP contribution in [-0.2, 0) is 13.2 Å². The molecule has 1 heterocycles. The highest BCUT2D eigenvalue weighted by atomic mass is 35.5. The average molecular weight is 285 g/mol. The summed E-state index contributed by atoms with van der Waals surface area (Å²) in [6.45, 7) is 4.30. The van der Waals surface area contributed by atoms with Crippen molar-refractivity contribution in [1.29, 1.82) is 0 Å². The Bertz CT molecular complexity index is 558. The molecular formula is C13H14Cl2N2O. The molecule has 0 unspecified atom stereocenters. The maximum Gasteiger partial charge on any atom is 0.0718 e. The Morgan fingerprint density at radius 2 is 1.78 bits per heavy atom. The van der Waals surface area contributed by atoms with Crippen LogP contribution in [0.5, 0.6) is 0 Å². The number of benzene rings is 1. The van der Waals surface area contributed by atoms with Crippen LogP contribution in [0.4, 0.5) is 0 Å². The van der Waals surface area contributed by atoms with Crippen LogP contribution in [0.1, 0.15) is 22.5 Å². The van der Waals surface area contributed by atoms with Gasteiger partial charge in [0, 0.05) is 26.9 Å². The Hall–Kier alpha value is -1.03. The molecule has 1 aromatic carbocycles. The number of halogens is 2. The smallest absolute Gasteiger partial charge is 0.0718 e. The molecule has 0 fully saturated rings. The van der Waals surface area contributed by atoms with Gasteiger partial charge in [-0.1, -0.05) is 29.3 Å². The summed E-state index contributed by atoms with van der Waals surface area (Å²) >= 11 is 12.3. The van der Waals surface area contributed by atoms with Gasteiger partial charge in [0.25, 0.3) is 0 Å². The summed E-state index contributed by atoms with van der Waals surface area (Å²) in [5.41, 5.74) is 3.47. The lowest BCUT2D eigenvalue weighted by Gasteiger charge is -2.09. The van der Waals surface area contributed by atoms with E-state index in [0.717, 1.165) is 22.5 Å². The molecule has 0 saturated carbocycles. The van der Waals surface area contributed by atoms with Crippen molar-refractivity contribution in [3.8, 4) is 0 Å². The fraction of sp³-hybridized carbons (Fsp3) is 0.308. The monoisotopic (exact) mass is 284 g/mol. The van der Waals surface area contributed by atoms with Gasteiger partial charge in [-0.3, -0.25) is 4.68 Å². The van der Waals surface area contributed by atoms with Crippen molar-refractivity contribution in [2.75, 3.05) is 0 Å². The van der Waals surface area contributed by atoms with E-state index in [1.54, 1.807) is 12.1 Å². The van der Waals surface area contributed by atoms with E-state index in [1.165, 1.54) is 0 Å². The molecule has 96 valence electrons. The molecule has 0 spiro atoms. The van der Waals surface area contributed by atoms with E-state index >= 15 is 0 Å². The SMILES string of the molecule is Cc1nn(Cc2c(Cl)cccc2Cl)c(C)c1CO. The van der Waals surface area contributed by atoms with Gasteiger partial charge in [-0.25, -0.2) is 0 Å². The van der Waals surface area contributed by atoms with Gasteiger partial charge in [0.2, 0.25) is 0 Å². The van der Waals surface area contributed by atoms with E-state index in [1.807, 2.05) is 24.6 Å². The second kappa shape index (κ2) is 5.31. The first-order chi connectivity index (χ1) is 8.54. The van der Waals surface area contributed by atoms with Gasteiger partial charge in [-0.2, -0.15) is 5.10 Å². The molecular weight excluding hydrogens is 271 g/mol. The van der Waals surface area contributed by atoms with E-state index in [4.69, 9.17) is 23.2 Å². The lowest BCUT2D eigenvalue weighted by molar-refractivity contribution is 0.280. The normalized spacial score (nSPS) is 10.9. The number of hydrogen-bond donors (Lipinski definition) is 1. The molecule has 1 aromatic heterocycles. The third kappa shape index (κ3) is 2.39. The molecule has 0 aliphatic carbocycles. The quantitative estimate of drug-likeness (QED) is 0.939. The molecule has 0 aliphatic rings. The molecule has 18 heavy (non-hydrogen) atoms. The predicted molar refractivity (Wildman–Crippen MR) is 73.2 cm³/mol. The molecule has 0 atom stereocenters. The Labute approximate surface area is 116 Å².